The second-order valence-electron chi connectivity index (χ2n) is 8.85. The van der Waals surface area contributed by atoms with E-state index in [0.29, 0.717) is 27.1 Å². The van der Waals surface area contributed by atoms with Crippen LogP contribution in [0.25, 0.3) is 76.9 Å². The molecule has 0 radical (unpaired) electrons. The van der Waals surface area contributed by atoms with Gasteiger partial charge in [-0.1, -0.05) is 133 Å². The summed E-state index contributed by atoms with van der Waals surface area (Å²) in [5.41, 5.74) is -0.828. The Bertz CT molecular complexity index is 2970. The van der Waals surface area contributed by atoms with Gasteiger partial charge >= 0.3 is 0 Å². The normalized spacial score (nSPS) is 17.3. The Labute approximate surface area is 249 Å². The van der Waals surface area contributed by atoms with Gasteiger partial charge in [-0.15, -0.1) is 0 Å². The molecule has 0 unspecified atom stereocenters. The number of hydrogen-bond acceptors (Lipinski definition) is 1. The van der Waals surface area contributed by atoms with Crippen LogP contribution in [0.4, 0.5) is 0 Å². The van der Waals surface area contributed by atoms with Gasteiger partial charge in [-0.25, -0.2) is 0 Å². The molecule has 1 heteroatoms. The molecular weight excluding hydrogens is 472 g/mol. The summed E-state index contributed by atoms with van der Waals surface area (Å²) >= 11 is 0. The van der Waals surface area contributed by atoms with Gasteiger partial charge < -0.3 is 4.42 Å². The van der Waals surface area contributed by atoms with Gasteiger partial charge in [0.2, 0.25) is 0 Å². The standard InChI is InChI=1S/C38H24O/c1-2-13-25(14-3-1)26-15-4-5-16-27(26)36-28-17-6-8-19-30(28)37(31-20-9-7-18-29(31)36)33-22-12-24-35-38(33)32-21-10-11-23-34(32)39-35/h1-24H/i1D,2D,3D,4D,5D,10D,11D,12D,13D,14D,15D,16D,21D,22D,23D,24D. The highest BCUT2D eigenvalue weighted by Gasteiger charge is 2.21. The Hall–Kier alpha value is -5.14. The van der Waals surface area contributed by atoms with Crippen LogP contribution in [-0.4, -0.2) is 0 Å². The molecular formula is C38H24O. The molecule has 0 atom stereocenters. The molecule has 0 aliphatic heterocycles. The molecule has 0 fully saturated rings. The van der Waals surface area contributed by atoms with Gasteiger partial charge in [0.05, 0.1) is 21.9 Å². The van der Waals surface area contributed by atoms with Crippen molar-refractivity contribution in [2.45, 2.75) is 0 Å². The minimum Gasteiger partial charge on any atom is -0.456 e. The summed E-state index contributed by atoms with van der Waals surface area (Å²) in [5, 5.41) is 1.36. The van der Waals surface area contributed by atoms with Crippen molar-refractivity contribution in [1.82, 2.24) is 0 Å². The summed E-state index contributed by atoms with van der Waals surface area (Å²) < 4.78 is 145. The fourth-order valence-corrected chi connectivity index (χ4v) is 5.28. The van der Waals surface area contributed by atoms with E-state index in [0.717, 1.165) is 0 Å². The predicted molar refractivity (Wildman–Crippen MR) is 165 cm³/mol. The van der Waals surface area contributed by atoms with Gasteiger partial charge in [0.25, 0.3) is 0 Å². The van der Waals surface area contributed by atoms with Crippen molar-refractivity contribution in [2.75, 3.05) is 0 Å². The van der Waals surface area contributed by atoms with Crippen molar-refractivity contribution < 1.29 is 26.3 Å². The zero-order chi connectivity index (χ0) is 39.7. The lowest BCUT2D eigenvalue weighted by Gasteiger charge is -2.20. The molecule has 39 heavy (non-hydrogen) atoms. The molecule has 0 bridgehead atoms. The smallest absolute Gasteiger partial charge is 0.136 e. The summed E-state index contributed by atoms with van der Waals surface area (Å²) in [6, 6.07) is 3.93. The van der Waals surface area contributed by atoms with Crippen LogP contribution >= 0.6 is 0 Å². The molecule has 1 heterocycles. The highest BCUT2D eigenvalue weighted by Crippen LogP contribution is 2.48. The molecule has 0 spiro atoms. The van der Waals surface area contributed by atoms with Crippen molar-refractivity contribution in [3.63, 3.8) is 0 Å². The topological polar surface area (TPSA) is 13.1 Å². The Morgan fingerprint density at radius 3 is 1.62 bits per heavy atom. The molecule has 0 amide bonds. The second kappa shape index (κ2) is 8.72. The molecule has 1 aromatic heterocycles. The van der Waals surface area contributed by atoms with Gasteiger partial charge in [-0.2, -0.15) is 0 Å². The zero-order valence-electron chi connectivity index (χ0n) is 36.0. The minimum absolute atomic E-state index is 0.0116. The van der Waals surface area contributed by atoms with Crippen LogP contribution in [0, 0.1) is 0 Å². The van der Waals surface area contributed by atoms with E-state index in [4.69, 9.17) is 23.6 Å². The molecule has 182 valence electrons. The predicted octanol–water partition coefficient (Wildman–Crippen LogP) is 10.9. The quantitative estimate of drug-likeness (QED) is 0.215. The number of rotatable bonds is 3. The first-order valence-corrected chi connectivity index (χ1v) is 12.1. The Balaban J connectivity index is 1.64. The van der Waals surface area contributed by atoms with Crippen molar-refractivity contribution in [3.05, 3.63) is 145 Å². The Morgan fingerprint density at radius 1 is 0.410 bits per heavy atom. The fourth-order valence-electron chi connectivity index (χ4n) is 5.28. The summed E-state index contributed by atoms with van der Waals surface area (Å²) in [4.78, 5) is 0. The first-order chi connectivity index (χ1) is 26.0. The van der Waals surface area contributed by atoms with Gasteiger partial charge in [0.15, 0.2) is 0 Å². The molecule has 8 aromatic rings. The van der Waals surface area contributed by atoms with E-state index in [1.54, 1.807) is 48.5 Å². The van der Waals surface area contributed by atoms with Gasteiger partial charge in [-0.3, -0.25) is 0 Å². The third-order valence-electron chi connectivity index (χ3n) is 6.82. The second-order valence-corrected chi connectivity index (χ2v) is 8.85. The van der Waals surface area contributed by atoms with E-state index in [1.807, 2.05) is 0 Å². The lowest BCUT2D eigenvalue weighted by molar-refractivity contribution is 0.669. The average Bonchev–Trinajstić information content (AvgIpc) is 3.59. The van der Waals surface area contributed by atoms with E-state index in [2.05, 4.69) is 0 Å². The lowest BCUT2D eigenvalue weighted by atomic mass is 9.83. The molecule has 7 aromatic carbocycles. The number of benzene rings is 7. The van der Waals surface area contributed by atoms with Crippen molar-refractivity contribution in [1.29, 1.82) is 0 Å². The van der Waals surface area contributed by atoms with Crippen LogP contribution in [-0.2, 0) is 0 Å². The van der Waals surface area contributed by atoms with E-state index in [9.17, 15) is 2.74 Å². The summed E-state index contributed by atoms with van der Waals surface area (Å²) in [5.74, 6) is 0. The zero-order valence-corrected chi connectivity index (χ0v) is 20.0. The van der Waals surface area contributed by atoms with Crippen LogP contribution < -0.4 is 0 Å². The molecule has 0 aliphatic carbocycles. The van der Waals surface area contributed by atoms with Crippen molar-refractivity contribution >= 4 is 43.5 Å². The van der Waals surface area contributed by atoms with Gasteiger partial charge in [-0.05, 0) is 67.0 Å². The van der Waals surface area contributed by atoms with Crippen LogP contribution in [0.1, 0.15) is 21.9 Å². The number of fused-ring (bicyclic) bond motifs is 5. The number of furan rings is 1. The maximum absolute atomic E-state index is 9.29. The summed E-state index contributed by atoms with van der Waals surface area (Å²) in [6.45, 7) is 0. The minimum atomic E-state index is -0.694. The summed E-state index contributed by atoms with van der Waals surface area (Å²) in [6.07, 6.45) is 0. The lowest BCUT2D eigenvalue weighted by Crippen LogP contribution is -1.93. The molecule has 0 saturated heterocycles. The monoisotopic (exact) mass is 512 g/mol. The van der Waals surface area contributed by atoms with Crippen LogP contribution in [0.15, 0.2) is 150 Å². The molecule has 1 nitrogen and oxygen atoms in total. The molecule has 0 aliphatic rings. The third-order valence-corrected chi connectivity index (χ3v) is 6.82. The number of hydrogen-bond donors (Lipinski definition) is 0. The van der Waals surface area contributed by atoms with E-state index < -0.39 is 102 Å². The Morgan fingerprint density at radius 2 is 0.923 bits per heavy atom. The molecule has 0 saturated carbocycles. The highest BCUT2D eigenvalue weighted by atomic mass is 16.3. The van der Waals surface area contributed by atoms with Crippen molar-refractivity contribution in [3.8, 4) is 33.4 Å². The first-order valence-electron chi connectivity index (χ1n) is 20.1. The van der Waals surface area contributed by atoms with Gasteiger partial charge in [0, 0.05) is 10.8 Å². The Kier molecular flexibility index (Phi) is 2.53. The van der Waals surface area contributed by atoms with Crippen LogP contribution in [0.5, 0.6) is 0 Å². The van der Waals surface area contributed by atoms with Crippen LogP contribution in [0.3, 0.4) is 0 Å². The van der Waals surface area contributed by atoms with Crippen molar-refractivity contribution in [2.24, 2.45) is 0 Å². The molecule has 0 N–H and O–H groups in total. The third kappa shape index (κ3) is 3.34. The average molecular weight is 513 g/mol. The maximum Gasteiger partial charge on any atom is 0.136 e. The summed E-state index contributed by atoms with van der Waals surface area (Å²) in [7, 11) is 0. The highest BCUT2D eigenvalue weighted by molar-refractivity contribution is 6.26. The van der Waals surface area contributed by atoms with E-state index in [1.165, 1.54) is 0 Å². The first kappa shape index (κ1) is 11.3. The van der Waals surface area contributed by atoms with Gasteiger partial charge in [0.1, 0.15) is 11.2 Å². The fraction of sp³-hybridized carbons (Fsp3) is 0. The van der Waals surface area contributed by atoms with E-state index in [-0.39, 0.29) is 44.2 Å². The van der Waals surface area contributed by atoms with E-state index >= 15 is 0 Å². The SMILES string of the molecule is [2H]c1c([2H])c([2H])c(-c2c([2H])c([2H])c([2H])c([2H])c2-c2c3ccccc3c(-c3c([2H])c([2H])c([2H])c4oc5c([2H])c([2H])c([2H])c([2H])c5c34)c3ccccc23)c([2H])c1[2H]. The largest absolute Gasteiger partial charge is 0.456 e. The van der Waals surface area contributed by atoms with Crippen LogP contribution in [0.2, 0.25) is 0 Å². The maximum atomic E-state index is 9.29. The molecule has 8 rings (SSSR count). The number of para-hydroxylation sites is 1.